The molecule has 0 amide bonds. The zero-order valence-electron chi connectivity index (χ0n) is 10.7. The first-order valence-electron chi connectivity index (χ1n) is 6.39. The summed E-state index contributed by atoms with van der Waals surface area (Å²) in [6, 6.07) is 2.03. The average molecular weight is 246 g/mol. The molecule has 1 N–H and O–H groups in total. The molecule has 0 aliphatic carbocycles. The van der Waals surface area contributed by atoms with Crippen molar-refractivity contribution in [2.75, 3.05) is 18.0 Å². The lowest BCUT2D eigenvalue weighted by Crippen LogP contribution is -2.43. The van der Waals surface area contributed by atoms with E-state index in [0.29, 0.717) is 12.5 Å². The number of rotatable bonds is 1. The summed E-state index contributed by atoms with van der Waals surface area (Å²) in [6.07, 6.45) is 4.34. The lowest BCUT2D eigenvalue weighted by molar-refractivity contribution is 0.102. The molecule has 1 aliphatic heterocycles. The van der Waals surface area contributed by atoms with E-state index in [1.165, 1.54) is 0 Å². The number of hydrogen-bond acceptors (Lipinski definition) is 4. The first-order valence-corrected chi connectivity index (χ1v) is 6.39. The molecule has 0 aromatic carbocycles. The van der Waals surface area contributed by atoms with Crippen molar-refractivity contribution in [3.05, 3.63) is 24.2 Å². The van der Waals surface area contributed by atoms with Crippen molar-refractivity contribution in [1.82, 2.24) is 14.6 Å². The molecule has 3 rings (SSSR count). The lowest BCUT2D eigenvalue weighted by Gasteiger charge is -2.35. The third-order valence-electron chi connectivity index (χ3n) is 3.71. The highest BCUT2D eigenvalue weighted by atomic mass is 16.3. The van der Waals surface area contributed by atoms with Crippen LogP contribution in [0.5, 0.6) is 0 Å². The fourth-order valence-electron chi connectivity index (χ4n) is 2.52. The van der Waals surface area contributed by atoms with Crippen LogP contribution in [0.2, 0.25) is 0 Å². The normalized spacial score (nSPS) is 24.7. The van der Waals surface area contributed by atoms with Crippen molar-refractivity contribution < 1.29 is 5.11 Å². The molecular weight excluding hydrogens is 228 g/mol. The zero-order valence-corrected chi connectivity index (χ0v) is 10.7. The Bertz CT molecular complexity index is 565. The first-order chi connectivity index (χ1) is 8.65. The van der Waals surface area contributed by atoms with Gasteiger partial charge in [0.05, 0.1) is 11.8 Å². The van der Waals surface area contributed by atoms with Crippen LogP contribution in [0.3, 0.4) is 0 Å². The molecular formula is C13H18N4O. The quantitative estimate of drug-likeness (QED) is 0.822. The molecule has 3 heterocycles. The van der Waals surface area contributed by atoms with E-state index in [-0.39, 0.29) is 6.10 Å². The molecule has 0 radical (unpaired) electrons. The number of anilines is 1. The van der Waals surface area contributed by atoms with Gasteiger partial charge < -0.3 is 10.0 Å². The van der Waals surface area contributed by atoms with Crippen molar-refractivity contribution in [3.63, 3.8) is 0 Å². The Morgan fingerprint density at radius 3 is 3.06 bits per heavy atom. The molecule has 2 unspecified atom stereocenters. The summed E-state index contributed by atoms with van der Waals surface area (Å²) in [5.41, 5.74) is 1.99. The molecule has 2 atom stereocenters. The van der Waals surface area contributed by atoms with E-state index in [4.69, 9.17) is 0 Å². The van der Waals surface area contributed by atoms with Gasteiger partial charge in [-0.25, -0.2) is 9.50 Å². The van der Waals surface area contributed by atoms with Gasteiger partial charge in [0.15, 0.2) is 5.82 Å². The summed E-state index contributed by atoms with van der Waals surface area (Å²) in [7, 11) is 0. The second-order valence-corrected chi connectivity index (χ2v) is 5.15. The largest absolute Gasteiger partial charge is 0.391 e. The van der Waals surface area contributed by atoms with Gasteiger partial charge in [-0.1, -0.05) is 6.92 Å². The van der Waals surface area contributed by atoms with Crippen molar-refractivity contribution in [1.29, 1.82) is 0 Å². The molecule has 5 nitrogen and oxygen atoms in total. The highest BCUT2D eigenvalue weighted by molar-refractivity contribution is 5.69. The van der Waals surface area contributed by atoms with Crippen molar-refractivity contribution in [3.8, 4) is 0 Å². The number of aryl methyl sites for hydroxylation is 1. The zero-order chi connectivity index (χ0) is 12.7. The van der Waals surface area contributed by atoms with Crippen LogP contribution >= 0.6 is 0 Å². The Labute approximate surface area is 106 Å². The number of aliphatic hydroxyl groups is 1. The molecule has 1 aliphatic rings. The van der Waals surface area contributed by atoms with Crippen LogP contribution in [0.15, 0.2) is 18.5 Å². The highest BCUT2D eigenvalue weighted by Crippen LogP contribution is 2.25. The van der Waals surface area contributed by atoms with Crippen molar-refractivity contribution in [2.45, 2.75) is 26.4 Å². The predicted octanol–water partition coefficient (Wildman–Crippen LogP) is 1.24. The minimum absolute atomic E-state index is 0.273. The van der Waals surface area contributed by atoms with Gasteiger partial charge in [-0.3, -0.25) is 0 Å². The van der Waals surface area contributed by atoms with Crippen molar-refractivity contribution in [2.24, 2.45) is 5.92 Å². The Balaban J connectivity index is 1.99. The molecule has 1 saturated heterocycles. The monoisotopic (exact) mass is 246 g/mol. The Morgan fingerprint density at radius 1 is 1.44 bits per heavy atom. The van der Waals surface area contributed by atoms with Gasteiger partial charge in [0.1, 0.15) is 5.52 Å². The molecule has 96 valence electrons. The number of aromatic nitrogens is 3. The van der Waals surface area contributed by atoms with Gasteiger partial charge in [-0.05, 0) is 25.3 Å². The standard InChI is InChI=1S/C13H18N4O/c1-9-3-5-16(8-12(9)18)13-11-7-10(2)15-17(11)6-4-14-13/h4,6-7,9,12,18H,3,5,8H2,1-2H3. The Kier molecular flexibility index (Phi) is 2.70. The molecule has 18 heavy (non-hydrogen) atoms. The SMILES string of the molecule is Cc1cc2c(N3CCC(C)C(O)C3)nccn2n1. The van der Waals surface area contributed by atoms with E-state index in [0.717, 1.165) is 30.0 Å². The van der Waals surface area contributed by atoms with E-state index in [2.05, 4.69) is 21.9 Å². The topological polar surface area (TPSA) is 53.7 Å². The summed E-state index contributed by atoms with van der Waals surface area (Å²) in [4.78, 5) is 6.61. The molecule has 2 aromatic heterocycles. The Morgan fingerprint density at radius 2 is 2.28 bits per heavy atom. The number of piperidine rings is 1. The summed E-state index contributed by atoms with van der Waals surface area (Å²) in [5.74, 6) is 1.29. The second-order valence-electron chi connectivity index (χ2n) is 5.15. The van der Waals surface area contributed by atoms with Gasteiger partial charge in [0.25, 0.3) is 0 Å². The first kappa shape index (κ1) is 11.5. The third kappa shape index (κ3) is 1.84. The molecule has 0 bridgehead atoms. The van der Waals surface area contributed by atoms with Crippen molar-refractivity contribution >= 4 is 11.3 Å². The van der Waals surface area contributed by atoms with E-state index in [1.54, 1.807) is 6.20 Å². The number of aliphatic hydroxyl groups excluding tert-OH is 1. The second kappa shape index (κ2) is 4.24. The fourth-order valence-corrected chi connectivity index (χ4v) is 2.52. The third-order valence-corrected chi connectivity index (χ3v) is 3.71. The van der Waals surface area contributed by atoms with Gasteiger partial charge in [-0.2, -0.15) is 5.10 Å². The Hall–Kier alpha value is -1.62. The van der Waals surface area contributed by atoms with Crippen LogP contribution in [-0.4, -0.2) is 38.9 Å². The average Bonchev–Trinajstić information content (AvgIpc) is 2.72. The highest BCUT2D eigenvalue weighted by Gasteiger charge is 2.26. The number of fused-ring (bicyclic) bond motifs is 1. The molecule has 2 aromatic rings. The smallest absolute Gasteiger partial charge is 0.154 e. The maximum atomic E-state index is 9.99. The maximum Gasteiger partial charge on any atom is 0.154 e. The van der Waals surface area contributed by atoms with Crippen LogP contribution < -0.4 is 4.90 Å². The van der Waals surface area contributed by atoms with E-state index < -0.39 is 0 Å². The summed E-state index contributed by atoms with van der Waals surface area (Å²) >= 11 is 0. The van der Waals surface area contributed by atoms with Gasteiger partial charge >= 0.3 is 0 Å². The molecule has 1 fully saturated rings. The molecule has 5 heteroatoms. The summed E-state index contributed by atoms with van der Waals surface area (Å²) in [5, 5.41) is 14.4. The molecule has 0 saturated carbocycles. The van der Waals surface area contributed by atoms with Crippen LogP contribution in [0, 0.1) is 12.8 Å². The van der Waals surface area contributed by atoms with Gasteiger partial charge in [0.2, 0.25) is 0 Å². The maximum absolute atomic E-state index is 9.99. The van der Waals surface area contributed by atoms with E-state index in [9.17, 15) is 5.11 Å². The van der Waals surface area contributed by atoms with E-state index in [1.807, 2.05) is 23.7 Å². The van der Waals surface area contributed by atoms with Gasteiger partial charge in [0, 0.05) is 25.5 Å². The minimum Gasteiger partial charge on any atom is -0.391 e. The van der Waals surface area contributed by atoms with Gasteiger partial charge in [-0.15, -0.1) is 0 Å². The number of β-amino-alcohol motifs (C(OH)–C–C–N with tert-alkyl or cyclic N) is 1. The summed E-state index contributed by atoms with van der Waals surface area (Å²) < 4.78 is 1.85. The van der Waals surface area contributed by atoms with Crippen LogP contribution in [-0.2, 0) is 0 Å². The molecule has 0 spiro atoms. The van der Waals surface area contributed by atoms with E-state index >= 15 is 0 Å². The fraction of sp³-hybridized carbons (Fsp3) is 0.538. The predicted molar refractivity (Wildman–Crippen MR) is 69.7 cm³/mol. The summed E-state index contributed by atoms with van der Waals surface area (Å²) in [6.45, 7) is 5.66. The number of nitrogens with zero attached hydrogens (tertiary/aromatic N) is 4. The van der Waals surface area contributed by atoms with Crippen LogP contribution in [0.25, 0.3) is 5.52 Å². The van der Waals surface area contributed by atoms with Crippen LogP contribution in [0.1, 0.15) is 19.0 Å². The number of hydrogen-bond donors (Lipinski definition) is 1. The lowest BCUT2D eigenvalue weighted by atomic mass is 9.96. The van der Waals surface area contributed by atoms with Crippen LogP contribution in [0.4, 0.5) is 5.82 Å². The minimum atomic E-state index is -0.273.